The molecule has 1 aliphatic heterocycles. The molecule has 1 unspecified atom stereocenters. The maximum absolute atomic E-state index is 4.75. The molecule has 0 aliphatic carbocycles. The van der Waals surface area contributed by atoms with E-state index in [1.165, 1.54) is 22.3 Å². The van der Waals surface area contributed by atoms with E-state index >= 15 is 0 Å². The Morgan fingerprint density at radius 2 is 2.16 bits per heavy atom. The molecule has 3 heteroatoms. The number of nitrogens with zero attached hydrogens (tertiary/aromatic N) is 1. The average Bonchev–Trinajstić information content (AvgIpc) is 2.57. The summed E-state index contributed by atoms with van der Waals surface area (Å²) in [5, 5.41) is 6.35. The Bertz CT molecular complexity index is 670. The van der Waals surface area contributed by atoms with Gasteiger partial charge in [0.15, 0.2) is 0 Å². The summed E-state index contributed by atoms with van der Waals surface area (Å²) in [7, 11) is 1.93. The molecule has 2 N–H and O–H groups in total. The van der Waals surface area contributed by atoms with E-state index in [0.717, 1.165) is 49.9 Å². The first-order valence-electron chi connectivity index (χ1n) is 9.09. The Hall–Kier alpha value is -2.29. The quantitative estimate of drug-likeness (QED) is 0.530. The van der Waals surface area contributed by atoms with Crippen LogP contribution in [0.4, 0.5) is 5.69 Å². The molecule has 0 spiro atoms. The lowest BCUT2D eigenvalue weighted by Gasteiger charge is -2.20. The van der Waals surface area contributed by atoms with Crippen LogP contribution in [0.15, 0.2) is 54.3 Å². The van der Waals surface area contributed by atoms with Crippen LogP contribution in [0.5, 0.6) is 0 Å². The number of aryl methyl sites for hydroxylation is 2. The van der Waals surface area contributed by atoms with Gasteiger partial charge in [0.2, 0.25) is 0 Å². The third-order valence-electron chi connectivity index (χ3n) is 4.74. The van der Waals surface area contributed by atoms with Crippen molar-refractivity contribution in [3.63, 3.8) is 0 Å². The summed E-state index contributed by atoms with van der Waals surface area (Å²) in [6.45, 7) is 14.2. The van der Waals surface area contributed by atoms with Crippen molar-refractivity contribution < 1.29 is 0 Å². The Labute approximate surface area is 152 Å². The molecular weight excluding hydrogens is 306 g/mol. The Morgan fingerprint density at radius 1 is 1.36 bits per heavy atom. The normalized spacial score (nSPS) is 16.6. The molecule has 1 aromatic rings. The van der Waals surface area contributed by atoms with E-state index in [-0.39, 0.29) is 6.04 Å². The van der Waals surface area contributed by atoms with E-state index < -0.39 is 0 Å². The highest BCUT2D eigenvalue weighted by atomic mass is 14.9. The summed E-state index contributed by atoms with van der Waals surface area (Å²) in [6, 6.07) is 4.73. The number of aliphatic imine (C=N–C) groups is 1. The number of benzene rings is 1. The molecule has 1 atom stereocenters. The second kappa shape index (κ2) is 9.26. The van der Waals surface area contributed by atoms with Gasteiger partial charge < -0.3 is 10.6 Å². The van der Waals surface area contributed by atoms with Crippen LogP contribution in [0.25, 0.3) is 0 Å². The van der Waals surface area contributed by atoms with Gasteiger partial charge in [-0.3, -0.25) is 4.99 Å². The van der Waals surface area contributed by atoms with E-state index in [9.17, 15) is 0 Å². The maximum Gasteiger partial charge on any atom is 0.0664 e. The monoisotopic (exact) mass is 337 g/mol. The summed E-state index contributed by atoms with van der Waals surface area (Å²) in [5.41, 5.74) is 7.45. The first-order chi connectivity index (χ1) is 12.0. The lowest BCUT2D eigenvalue weighted by atomic mass is 9.93. The zero-order chi connectivity index (χ0) is 18.2. The summed E-state index contributed by atoms with van der Waals surface area (Å²) >= 11 is 0. The van der Waals surface area contributed by atoms with Crippen molar-refractivity contribution in [1.29, 1.82) is 0 Å². The molecule has 0 saturated heterocycles. The predicted octanol–water partition coefficient (Wildman–Crippen LogP) is 4.75. The number of hydrogen-bond acceptors (Lipinski definition) is 3. The fourth-order valence-electron chi connectivity index (χ4n) is 3.24. The third kappa shape index (κ3) is 5.63. The number of fused-ring (bicyclic) bond motifs is 1. The maximum atomic E-state index is 4.75. The van der Waals surface area contributed by atoms with Crippen molar-refractivity contribution in [3.8, 4) is 0 Å². The minimum Gasteiger partial charge on any atom is -0.392 e. The van der Waals surface area contributed by atoms with Gasteiger partial charge in [-0.2, -0.15) is 0 Å². The molecule has 25 heavy (non-hydrogen) atoms. The summed E-state index contributed by atoms with van der Waals surface area (Å²) in [6.07, 6.45) is 9.94. The second-order valence-corrected chi connectivity index (χ2v) is 6.85. The number of nitrogens with one attached hydrogen (secondary N) is 2. The van der Waals surface area contributed by atoms with Gasteiger partial charge in [0.1, 0.15) is 0 Å². The van der Waals surface area contributed by atoms with Gasteiger partial charge in [0, 0.05) is 19.0 Å². The highest BCUT2D eigenvalue weighted by Gasteiger charge is 2.14. The van der Waals surface area contributed by atoms with Crippen molar-refractivity contribution in [2.24, 2.45) is 4.99 Å². The van der Waals surface area contributed by atoms with Gasteiger partial charge in [-0.15, -0.1) is 0 Å². The lowest BCUT2D eigenvalue weighted by Crippen LogP contribution is -2.27. The van der Waals surface area contributed by atoms with Crippen LogP contribution in [-0.2, 0) is 12.8 Å². The molecule has 0 aromatic heterocycles. The topological polar surface area (TPSA) is 36.4 Å². The molecule has 3 nitrogen and oxygen atoms in total. The fraction of sp³-hybridized carbons (Fsp3) is 0.409. The molecule has 0 fully saturated rings. The van der Waals surface area contributed by atoms with Crippen LogP contribution in [-0.4, -0.2) is 19.3 Å². The van der Waals surface area contributed by atoms with E-state index in [0.29, 0.717) is 0 Å². The summed E-state index contributed by atoms with van der Waals surface area (Å²) in [4.78, 5) is 4.75. The highest BCUT2D eigenvalue weighted by molar-refractivity contribution is 5.72. The summed E-state index contributed by atoms with van der Waals surface area (Å²) in [5.74, 6) is 0. The largest absolute Gasteiger partial charge is 0.392 e. The van der Waals surface area contributed by atoms with Crippen LogP contribution in [0.3, 0.4) is 0 Å². The number of allylic oxidation sites excluding steroid dienone is 1. The number of hydrogen-bond donors (Lipinski definition) is 2. The highest BCUT2D eigenvalue weighted by Crippen LogP contribution is 2.29. The molecule has 0 saturated carbocycles. The molecule has 0 radical (unpaired) electrons. The first kappa shape index (κ1) is 19.0. The second-order valence-electron chi connectivity index (χ2n) is 6.85. The van der Waals surface area contributed by atoms with Gasteiger partial charge in [0.05, 0.1) is 11.7 Å². The van der Waals surface area contributed by atoms with E-state index in [2.05, 4.69) is 49.4 Å². The predicted molar refractivity (Wildman–Crippen MR) is 110 cm³/mol. The number of rotatable bonds is 8. The van der Waals surface area contributed by atoms with E-state index in [1.807, 2.05) is 13.3 Å². The molecular formula is C22H31N3. The number of unbranched alkanes of at least 4 members (excludes halogenated alkanes) is 1. The lowest BCUT2D eigenvalue weighted by molar-refractivity contribution is 0.702. The van der Waals surface area contributed by atoms with Crippen molar-refractivity contribution in [1.82, 2.24) is 10.6 Å². The summed E-state index contributed by atoms with van der Waals surface area (Å²) < 4.78 is 0. The Balaban J connectivity index is 2.12. The molecule has 1 aliphatic rings. The molecule has 1 heterocycles. The standard InChI is InChI=1S/C22H31N3/c1-6-24-21-12-16(2)11-20-13-17(3)19(14-22(20)25-15-21)10-8-7-9-18(4)23-5/h6,13-15,21,23-24H,1-2,4,7-12H2,3,5H3. The third-order valence-corrected chi connectivity index (χ3v) is 4.74. The van der Waals surface area contributed by atoms with Gasteiger partial charge in [-0.1, -0.05) is 31.4 Å². The molecule has 0 amide bonds. The van der Waals surface area contributed by atoms with Crippen molar-refractivity contribution in [2.45, 2.75) is 51.5 Å². The molecule has 134 valence electrons. The van der Waals surface area contributed by atoms with Crippen molar-refractivity contribution in [2.75, 3.05) is 7.05 Å². The molecule has 0 bridgehead atoms. The smallest absolute Gasteiger partial charge is 0.0664 e. The Morgan fingerprint density at radius 3 is 2.88 bits per heavy atom. The van der Waals surface area contributed by atoms with Crippen molar-refractivity contribution >= 4 is 11.9 Å². The average molecular weight is 338 g/mol. The van der Waals surface area contributed by atoms with Gasteiger partial charge in [-0.05, 0) is 74.4 Å². The Kier molecular flexibility index (Phi) is 7.05. The minimum atomic E-state index is 0.176. The SMILES string of the molecule is C=CNC1C=Nc2cc(CCCCC(=C)NC)c(C)cc2CC(=C)C1. The van der Waals surface area contributed by atoms with Gasteiger partial charge in [-0.25, -0.2) is 0 Å². The van der Waals surface area contributed by atoms with Crippen LogP contribution >= 0.6 is 0 Å². The molecule has 2 rings (SSSR count). The van der Waals surface area contributed by atoms with Crippen molar-refractivity contribution in [3.05, 3.63) is 66.0 Å². The first-order valence-corrected chi connectivity index (χ1v) is 9.09. The zero-order valence-corrected chi connectivity index (χ0v) is 15.7. The zero-order valence-electron chi connectivity index (χ0n) is 15.7. The van der Waals surface area contributed by atoms with Crippen LogP contribution in [0.1, 0.15) is 42.4 Å². The minimum absolute atomic E-state index is 0.176. The van der Waals surface area contributed by atoms with E-state index in [4.69, 9.17) is 4.99 Å². The van der Waals surface area contributed by atoms with Gasteiger partial charge in [0.25, 0.3) is 0 Å². The van der Waals surface area contributed by atoms with Crippen LogP contribution in [0, 0.1) is 6.92 Å². The fourth-order valence-corrected chi connectivity index (χ4v) is 3.24. The van der Waals surface area contributed by atoms with E-state index in [1.54, 1.807) is 6.20 Å². The van der Waals surface area contributed by atoms with Crippen LogP contribution in [0.2, 0.25) is 0 Å². The molecule has 1 aromatic carbocycles. The van der Waals surface area contributed by atoms with Crippen LogP contribution < -0.4 is 10.6 Å². The van der Waals surface area contributed by atoms with Gasteiger partial charge >= 0.3 is 0 Å².